The number of rotatable bonds is 5. The van der Waals surface area contributed by atoms with E-state index in [2.05, 4.69) is 24.8 Å². The van der Waals surface area contributed by atoms with Crippen LogP contribution in [0.4, 0.5) is 0 Å². The first-order chi connectivity index (χ1) is 11.4. The van der Waals surface area contributed by atoms with Gasteiger partial charge in [0.1, 0.15) is 0 Å². The van der Waals surface area contributed by atoms with Gasteiger partial charge in [-0.1, -0.05) is 0 Å². The average Bonchev–Trinajstić information content (AvgIpc) is 3.10. The maximum absolute atomic E-state index is 12.1. The minimum Gasteiger partial charge on any atom is -0.299 e. The zero-order chi connectivity index (χ0) is 17.4. The van der Waals surface area contributed by atoms with E-state index in [0.717, 1.165) is 16.8 Å². The normalized spacial score (nSPS) is 13.9. The van der Waals surface area contributed by atoms with E-state index in [1.807, 2.05) is 11.3 Å². The van der Waals surface area contributed by atoms with Crippen molar-refractivity contribution < 1.29 is 0 Å². The summed E-state index contributed by atoms with van der Waals surface area (Å²) in [6, 6.07) is 4.25. The van der Waals surface area contributed by atoms with Crippen molar-refractivity contribution in [1.82, 2.24) is 14.0 Å². The highest BCUT2D eigenvalue weighted by molar-refractivity contribution is 7.12. The number of aromatic nitrogens is 2. The van der Waals surface area contributed by atoms with Crippen LogP contribution in [0.3, 0.4) is 0 Å². The minimum atomic E-state index is -0.267. The van der Waals surface area contributed by atoms with E-state index in [4.69, 9.17) is 0 Å². The van der Waals surface area contributed by atoms with Gasteiger partial charge in [-0.25, -0.2) is 4.79 Å². The molecule has 0 saturated carbocycles. The largest absolute Gasteiger partial charge is 0.330 e. The van der Waals surface area contributed by atoms with E-state index < -0.39 is 0 Å². The Balaban J connectivity index is 1.84. The van der Waals surface area contributed by atoms with Crippen LogP contribution in [-0.4, -0.2) is 20.1 Å². The first kappa shape index (κ1) is 17.2. The molecule has 2 heterocycles. The maximum Gasteiger partial charge on any atom is 0.330 e. The van der Waals surface area contributed by atoms with E-state index in [1.54, 1.807) is 17.7 Å². The summed E-state index contributed by atoms with van der Waals surface area (Å²) in [7, 11) is 3.25. The standard InChI is InChI=1S/C18H25N3O2S/c1-12(2)21(11-15-8-13-6-5-7-16(13)24-15)10-14-9-17(22)20(4)18(23)19(14)3/h8-9,12H,5-7,10-11H2,1-4H3. The highest BCUT2D eigenvalue weighted by atomic mass is 32.1. The molecule has 0 fully saturated rings. The number of nitrogens with zero attached hydrogens (tertiary/aromatic N) is 3. The zero-order valence-electron chi connectivity index (χ0n) is 14.8. The van der Waals surface area contributed by atoms with Gasteiger partial charge in [0.25, 0.3) is 5.56 Å². The second-order valence-corrected chi connectivity index (χ2v) is 8.11. The lowest BCUT2D eigenvalue weighted by Crippen LogP contribution is -2.40. The van der Waals surface area contributed by atoms with Crippen LogP contribution in [0.15, 0.2) is 21.7 Å². The van der Waals surface area contributed by atoms with Gasteiger partial charge in [0.2, 0.25) is 0 Å². The molecule has 0 bridgehead atoms. The molecule has 3 rings (SSSR count). The molecule has 1 aliphatic rings. The van der Waals surface area contributed by atoms with Gasteiger partial charge in [-0.05, 0) is 44.7 Å². The van der Waals surface area contributed by atoms with Gasteiger partial charge in [0.05, 0.1) is 0 Å². The van der Waals surface area contributed by atoms with Gasteiger partial charge in [-0.2, -0.15) is 0 Å². The summed E-state index contributed by atoms with van der Waals surface area (Å²) in [5, 5.41) is 0. The van der Waals surface area contributed by atoms with E-state index in [1.165, 1.54) is 41.6 Å². The van der Waals surface area contributed by atoms with Crippen LogP contribution in [0.5, 0.6) is 0 Å². The Labute approximate surface area is 146 Å². The van der Waals surface area contributed by atoms with Crippen molar-refractivity contribution in [3.05, 3.63) is 54.0 Å². The van der Waals surface area contributed by atoms with Gasteiger partial charge in [-0.15, -0.1) is 11.3 Å². The van der Waals surface area contributed by atoms with Crippen molar-refractivity contribution in [3.8, 4) is 0 Å². The molecule has 0 spiro atoms. The predicted molar refractivity (Wildman–Crippen MR) is 97.7 cm³/mol. The van der Waals surface area contributed by atoms with Crippen LogP contribution in [0.1, 0.15) is 41.3 Å². The molecule has 6 heteroatoms. The third-order valence-corrected chi connectivity index (χ3v) is 6.10. The SMILES string of the molecule is CC(C)N(Cc1cc2c(s1)CCC2)Cc1cc(=O)n(C)c(=O)n1C. The molecule has 0 unspecified atom stereocenters. The maximum atomic E-state index is 12.1. The van der Waals surface area contributed by atoms with Crippen LogP contribution in [-0.2, 0) is 40.0 Å². The minimum absolute atomic E-state index is 0.244. The number of hydrogen-bond acceptors (Lipinski definition) is 4. The zero-order valence-corrected chi connectivity index (χ0v) is 15.7. The van der Waals surface area contributed by atoms with Crippen molar-refractivity contribution in [2.24, 2.45) is 14.1 Å². The summed E-state index contributed by atoms with van der Waals surface area (Å²) in [6.45, 7) is 5.77. The molecule has 0 N–H and O–H groups in total. The van der Waals surface area contributed by atoms with E-state index in [9.17, 15) is 9.59 Å². The lowest BCUT2D eigenvalue weighted by atomic mass is 10.2. The molecule has 130 valence electrons. The number of fused-ring (bicyclic) bond motifs is 1. The van der Waals surface area contributed by atoms with E-state index in [0.29, 0.717) is 12.6 Å². The van der Waals surface area contributed by atoms with Gasteiger partial charge in [-0.3, -0.25) is 18.8 Å². The Hall–Kier alpha value is -1.66. The van der Waals surface area contributed by atoms with Crippen molar-refractivity contribution in [1.29, 1.82) is 0 Å². The van der Waals surface area contributed by atoms with Crippen molar-refractivity contribution >= 4 is 11.3 Å². The fourth-order valence-corrected chi connectivity index (χ4v) is 4.51. The van der Waals surface area contributed by atoms with Crippen molar-refractivity contribution in [2.75, 3.05) is 0 Å². The van der Waals surface area contributed by atoms with Crippen LogP contribution in [0.2, 0.25) is 0 Å². The molecule has 0 atom stereocenters. The predicted octanol–water partition coefficient (Wildman–Crippen LogP) is 2.04. The van der Waals surface area contributed by atoms with Gasteiger partial charge >= 0.3 is 5.69 Å². The molecule has 0 amide bonds. The first-order valence-corrected chi connectivity index (χ1v) is 9.29. The molecule has 1 aliphatic carbocycles. The Bertz CT molecular complexity index is 839. The fraction of sp³-hybridized carbons (Fsp3) is 0.556. The van der Waals surface area contributed by atoms with Crippen molar-refractivity contribution in [3.63, 3.8) is 0 Å². The summed E-state index contributed by atoms with van der Waals surface area (Å²) in [5.41, 5.74) is 1.77. The highest BCUT2D eigenvalue weighted by Crippen LogP contribution is 2.31. The fourth-order valence-electron chi connectivity index (χ4n) is 3.23. The van der Waals surface area contributed by atoms with Crippen LogP contribution in [0, 0.1) is 0 Å². The van der Waals surface area contributed by atoms with Crippen LogP contribution >= 0.6 is 11.3 Å². The third kappa shape index (κ3) is 3.26. The Morgan fingerprint density at radius 1 is 1.12 bits per heavy atom. The smallest absolute Gasteiger partial charge is 0.299 e. The number of thiophene rings is 1. The summed E-state index contributed by atoms with van der Waals surface area (Å²) >= 11 is 1.92. The molecular formula is C18H25N3O2S. The topological polar surface area (TPSA) is 47.2 Å². The lowest BCUT2D eigenvalue weighted by molar-refractivity contribution is 0.199. The molecule has 2 aromatic rings. The third-order valence-electron chi connectivity index (χ3n) is 4.88. The quantitative estimate of drug-likeness (QED) is 0.832. The Morgan fingerprint density at radius 2 is 1.88 bits per heavy atom. The molecule has 24 heavy (non-hydrogen) atoms. The Morgan fingerprint density at radius 3 is 2.54 bits per heavy atom. The molecule has 0 radical (unpaired) electrons. The first-order valence-electron chi connectivity index (χ1n) is 8.47. The molecular weight excluding hydrogens is 322 g/mol. The monoisotopic (exact) mass is 347 g/mol. The molecule has 0 saturated heterocycles. The Kier molecular flexibility index (Phi) is 4.78. The number of hydrogen-bond donors (Lipinski definition) is 0. The molecule has 0 aliphatic heterocycles. The highest BCUT2D eigenvalue weighted by Gasteiger charge is 2.19. The second kappa shape index (κ2) is 6.69. The lowest BCUT2D eigenvalue weighted by Gasteiger charge is -2.26. The van der Waals surface area contributed by atoms with Crippen LogP contribution in [0.25, 0.3) is 0 Å². The summed E-state index contributed by atoms with van der Waals surface area (Å²) in [5.74, 6) is 0. The average molecular weight is 347 g/mol. The molecule has 0 aromatic carbocycles. The van der Waals surface area contributed by atoms with Gasteiger partial charge < -0.3 is 0 Å². The van der Waals surface area contributed by atoms with Crippen molar-refractivity contribution in [2.45, 2.75) is 52.2 Å². The van der Waals surface area contributed by atoms with Gasteiger partial charge in [0.15, 0.2) is 0 Å². The number of aryl methyl sites for hydroxylation is 2. The summed E-state index contributed by atoms with van der Waals surface area (Å²) in [6.07, 6.45) is 3.70. The summed E-state index contributed by atoms with van der Waals surface area (Å²) in [4.78, 5) is 29.3. The van der Waals surface area contributed by atoms with E-state index in [-0.39, 0.29) is 11.2 Å². The van der Waals surface area contributed by atoms with E-state index >= 15 is 0 Å². The molecule has 2 aromatic heterocycles. The van der Waals surface area contributed by atoms with Crippen LogP contribution < -0.4 is 11.2 Å². The molecule has 5 nitrogen and oxygen atoms in total. The van der Waals surface area contributed by atoms with Gasteiger partial charge in [0, 0.05) is 54.7 Å². The second-order valence-electron chi connectivity index (χ2n) is 6.89. The summed E-state index contributed by atoms with van der Waals surface area (Å²) < 4.78 is 2.72.